The third-order valence-electron chi connectivity index (χ3n) is 2.92. The number of nitrogens with zero attached hydrogens (tertiary/aromatic N) is 2. The summed E-state index contributed by atoms with van der Waals surface area (Å²) in [5, 5.41) is 14.1. The molecule has 0 radical (unpaired) electrons. The van der Waals surface area contributed by atoms with Gasteiger partial charge in [0.2, 0.25) is 0 Å². The summed E-state index contributed by atoms with van der Waals surface area (Å²) < 4.78 is 6.06. The van der Waals surface area contributed by atoms with Gasteiger partial charge in [-0.15, -0.1) is 0 Å². The fraction of sp³-hybridized carbons (Fsp3) is 0.545. The lowest BCUT2D eigenvalue weighted by molar-refractivity contribution is -0.384. The summed E-state index contributed by atoms with van der Waals surface area (Å²) in [6, 6.07) is 0.221. The van der Waals surface area contributed by atoms with E-state index in [1.807, 2.05) is 6.92 Å². The van der Waals surface area contributed by atoms with E-state index in [0.29, 0.717) is 16.8 Å². The van der Waals surface area contributed by atoms with Crippen LogP contribution in [0.5, 0.6) is 0 Å². The number of aromatic nitrogens is 1. The van der Waals surface area contributed by atoms with E-state index < -0.39 is 4.92 Å². The fourth-order valence-corrected chi connectivity index (χ4v) is 2.40. The minimum Gasteiger partial charge on any atom is -0.378 e. The average Bonchev–Trinajstić information content (AvgIpc) is 2.28. The Morgan fingerprint density at radius 3 is 2.94 bits per heavy atom. The van der Waals surface area contributed by atoms with E-state index in [1.165, 1.54) is 6.20 Å². The number of halogens is 1. The van der Waals surface area contributed by atoms with Gasteiger partial charge in [0.25, 0.3) is 0 Å². The molecule has 6 nitrogen and oxygen atoms in total. The maximum Gasteiger partial charge on any atom is 0.311 e. The molecule has 0 aromatic carbocycles. The maximum absolute atomic E-state index is 10.9. The van der Waals surface area contributed by atoms with Crippen molar-refractivity contribution in [3.05, 3.63) is 27.0 Å². The molecule has 7 heteroatoms. The zero-order valence-electron chi connectivity index (χ0n) is 9.93. The van der Waals surface area contributed by atoms with Crippen LogP contribution in [0.2, 0.25) is 0 Å². The Morgan fingerprint density at radius 1 is 1.61 bits per heavy atom. The zero-order chi connectivity index (χ0) is 13.1. The van der Waals surface area contributed by atoms with Gasteiger partial charge in [-0.05, 0) is 35.7 Å². The van der Waals surface area contributed by atoms with E-state index in [9.17, 15) is 10.1 Å². The fourth-order valence-electron chi connectivity index (χ4n) is 1.97. The maximum atomic E-state index is 10.9. The third-order valence-corrected chi connectivity index (χ3v) is 3.52. The number of ether oxygens (including phenoxy) is 1. The Bertz CT molecular complexity index is 449. The Morgan fingerprint density at radius 2 is 2.33 bits per heavy atom. The van der Waals surface area contributed by atoms with Crippen molar-refractivity contribution in [3.8, 4) is 0 Å². The average molecular weight is 316 g/mol. The van der Waals surface area contributed by atoms with Crippen LogP contribution in [-0.4, -0.2) is 28.7 Å². The van der Waals surface area contributed by atoms with Gasteiger partial charge in [-0.2, -0.15) is 0 Å². The second-order valence-corrected chi connectivity index (χ2v) is 5.02. The topological polar surface area (TPSA) is 77.3 Å². The molecule has 0 unspecified atom stereocenters. The van der Waals surface area contributed by atoms with Crippen LogP contribution in [-0.2, 0) is 4.74 Å². The summed E-state index contributed by atoms with van der Waals surface area (Å²) in [6.45, 7) is 2.67. The first-order valence-corrected chi connectivity index (χ1v) is 6.57. The molecule has 0 saturated heterocycles. The van der Waals surface area contributed by atoms with E-state index in [4.69, 9.17) is 4.74 Å². The van der Waals surface area contributed by atoms with Crippen LogP contribution in [0, 0.1) is 10.1 Å². The lowest BCUT2D eigenvalue weighted by atomic mass is 9.89. The van der Waals surface area contributed by atoms with Crippen molar-refractivity contribution in [1.82, 2.24) is 4.98 Å². The second kappa shape index (κ2) is 5.62. The van der Waals surface area contributed by atoms with Crippen LogP contribution in [0.3, 0.4) is 0 Å². The van der Waals surface area contributed by atoms with Gasteiger partial charge in [0.05, 0.1) is 15.5 Å². The van der Waals surface area contributed by atoms with Crippen LogP contribution in [0.4, 0.5) is 11.4 Å². The van der Waals surface area contributed by atoms with Crippen LogP contribution < -0.4 is 5.32 Å². The zero-order valence-corrected chi connectivity index (χ0v) is 11.5. The molecule has 18 heavy (non-hydrogen) atoms. The van der Waals surface area contributed by atoms with Crippen LogP contribution >= 0.6 is 15.9 Å². The molecule has 1 aromatic rings. The van der Waals surface area contributed by atoms with E-state index in [1.54, 1.807) is 6.20 Å². The van der Waals surface area contributed by atoms with Crippen molar-refractivity contribution < 1.29 is 9.66 Å². The number of rotatable bonds is 5. The molecule has 0 spiro atoms. The van der Waals surface area contributed by atoms with E-state index in [-0.39, 0.29) is 17.8 Å². The minimum absolute atomic E-state index is 0.00997. The largest absolute Gasteiger partial charge is 0.378 e. The molecule has 1 aliphatic rings. The van der Waals surface area contributed by atoms with Gasteiger partial charge < -0.3 is 10.1 Å². The van der Waals surface area contributed by atoms with Crippen LogP contribution in [0.15, 0.2) is 16.9 Å². The van der Waals surface area contributed by atoms with Crippen molar-refractivity contribution in [3.63, 3.8) is 0 Å². The highest BCUT2D eigenvalue weighted by atomic mass is 79.9. The molecule has 98 valence electrons. The molecule has 1 saturated carbocycles. The first-order valence-electron chi connectivity index (χ1n) is 5.77. The highest BCUT2D eigenvalue weighted by Gasteiger charge is 2.31. The summed E-state index contributed by atoms with van der Waals surface area (Å²) in [6.07, 6.45) is 4.83. The first kappa shape index (κ1) is 13.2. The Kier molecular flexibility index (Phi) is 4.13. The van der Waals surface area contributed by atoms with Gasteiger partial charge in [0.15, 0.2) is 0 Å². The van der Waals surface area contributed by atoms with E-state index in [2.05, 4.69) is 26.2 Å². The molecule has 2 rings (SSSR count). The molecular weight excluding hydrogens is 302 g/mol. The highest BCUT2D eigenvalue weighted by Crippen LogP contribution is 2.35. The quantitative estimate of drug-likeness (QED) is 0.667. The van der Waals surface area contributed by atoms with Gasteiger partial charge in [-0.25, -0.2) is 0 Å². The van der Waals surface area contributed by atoms with Gasteiger partial charge in [-0.1, -0.05) is 0 Å². The summed E-state index contributed by atoms with van der Waals surface area (Å²) >= 11 is 3.28. The van der Waals surface area contributed by atoms with Crippen molar-refractivity contribution in [1.29, 1.82) is 0 Å². The van der Waals surface area contributed by atoms with E-state index in [0.717, 1.165) is 12.8 Å². The molecule has 0 atom stereocenters. The van der Waals surface area contributed by atoms with Crippen LogP contribution in [0.1, 0.15) is 19.8 Å². The van der Waals surface area contributed by atoms with Gasteiger partial charge in [0.1, 0.15) is 11.9 Å². The lowest BCUT2D eigenvalue weighted by Gasteiger charge is -2.36. The molecule has 0 aliphatic heterocycles. The van der Waals surface area contributed by atoms with Gasteiger partial charge in [-0.3, -0.25) is 15.1 Å². The number of nitrogens with one attached hydrogen (secondary N) is 1. The smallest absolute Gasteiger partial charge is 0.311 e. The van der Waals surface area contributed by atoms with Gasteiger partial charge in [0, 0.05) is 18.8 Å². The Labute approximate surface area is 113 Å². The molecule has 0 bridgehead atoms. The predicted molar refractivity (Wildman–Crippen MR) is 70.7 cm³/mol. The molecule has 1 aliphatic carbocycles. The number of hydrogen-bond donors (Lipinski definition) is 1. The summed E-state index contributed by atoms with van der Waals surface area (Å²) in [4.78, 5) is 14.3. The summed E-state index contributed by atoms with van der Waals surface area (Å²) in [7, 11) is 0. The van der Waals surface area contributed by atoms with Crippen molar-refractivity contribution in [2.24, 2.45) is 0 Å². The van der Waals surface area contributed by atoms with Gasteiger partial charge >= 0.3 is 5.69 Å². The van der Waals surface area contributed by atoms with Crippen molar-refractivity contribution >= 4 is 27.3 Å². The molecule has 0 amide bonds. The minimum atomic E-state index is -0.432. The number of hydrogen-bond acceptors (Lipinski definition) is 5. The highest BCUT2D eigenvalue weighted by molar-refractivity contribution is 9.10. The Hall–Kier alpha value is -1.21. The SMILES string of the molecule is CCOC1CC(Nc2c(Br)cncc2[N+](=O)[O-])C1. The number of nitro groups is 1. The molecule has 1 N–H and O–H groups in total. The first-order chi connectivity index (χ1) is 8.61. The molecule has 1 aromatic heterocycles. The van der Waals surface area contributed by atoms with Crippen molar-refractivity contribution in [2.75, 3.05) is 11.9 Å². The summed E-state index contributed by atoms with van der Waals surface area (Å²) in [5.41, 5.74) is 0.485. The standard InChI is InChI=1S/C11H14BrN3O3/c1-2-18-8-3-7(4-8)14-11-9(12)5-13-6-10(11)15(16)17/h5-8H,2-4H2,1H3,(H,13,14). The Balaban J connectivity index is 2.04. The lowest BCUT2D eigenvalue weighted by Crippen LogP contribution is -2.41. The number of pyridine rings is 1. The van der Waals surface area contributed by atoms with E-state index >= 15 is 0 Å². The number of anilines is 1. The summed E-state index contributed by atoms with van der Waals surface area (Å²) in [5.74, 6) is 0. The van der Waals surface area contributed by atoms with Crippen molar-refractivity contribution in [2.45, 2.75) is 31.9 Å². The molecule has 1 heterocycles. The second-order valence-electron chi connectivity index (χ2n) is 4.16. The molecule has 1 fully saturated rings. The third kappa shape index (κ3) is 2.78. The predicted octanol–water partition coefficient (Wildman–Crippen LogP) is 2.73. The normalized spacial score (nSPS) is 22.3. The monoisotopic (exact) mass is 315 g/mol. The molecular formula is C11H14BrN3O3. The van der Waals surface area contributed by atoms with Crippen LogP contribution in [0.25, 0.3) is 0 Å².